The summed E-state index contributed by atoms with van der Waals surface area (Å²) in [6.07, 6.45) is 39.8. The van der Waals surface area contributed by atoms with Gasteiger partial charge in [-0.15, -0.1) is 0 Å². The highest BCUT2D eigenvalue weighted by Crippen LogP contribution is 2.38. The van der Waals surface area contributed by atoms with Crippen LogP contribution >= 0.6 is 7.82 Å². The third-order valence-electron chi connectivity index (χ3n) is 9.71. The molecule has 12 heteroatoms. The Morgan fingerprint density at radius 3 is 1.63 bits per heavy atom. The number of nitrogens with zero attached hydrogens (tertiary/aromatic N) is 1. The molecule has 0 rings (SSSR count). The number of unbranched alkanes of at least 4 members (excludes halogenated alkanes) is 13. The van der Waals surface area contributed by atoms with Gasteiger partial charge in [-0.25, -0.2) is 0 Å². The number of esters is 2. The van der Waals surface area contributed by atoms with Crippen LogP contribution in [-0.2, 0) is 32.7 Å². The lowest BCUT2D eigenvalue weighted by Crippen LogP contribution is -2.37. The molecule has 60 heavy (non-hydrogen) atoms. The Balaban J connectivity index is 4.59. The van der Waals surface area contributed by atoms with Gasteiger partial charge in [-0.3, -0.25) is 14.2 Å². The number of rotatable bonds is 41. The quantitative estimate of drug-likeness (QED) is 0.0200. The van der Waals surface area contributed by atoms with E-state index >= 15 is 0 Å². The van der Waals surface area contributed by atoms with E-state index in [2.05, 4.69) is 62.5 Å². The Labute approximate surface area is 365 Å². The average Bonchev–Trinajstić information content (AvgIpc) is 3.19. The van der Waals surface area contributed by atoms with E-state index in [1.807, 2.05) is 33.3 Å². The van der Waals surface area contributed by atoms with Crippen LogP contribution in [0.25, 0.3) is 0 Å². The van der Waals surface area contributed by atoms with Crippen LogP contribution in [0.4, 0.5) is 0 Å². The summed E-state index contributed by atoms with van der Waals surface area (Å²) in [6.45, 7) is 3.81. The molecule has 3 unspecified atom stereocenters. The average molecular weight is 868 g/mol. The van der Waals surface area contributed by atoms with E-state index in [0.29, 0.717) is 17.4 Å². The van der Waals surface area contributed by atoms with Crippen molar-refractivity contribution in [2.75, 3.05) is 47.5 Å². The van der Waals surface area contributed by atoms with Crippen LogP contribution in [0.1, 0.15) is 168 Å². The zero-order chi connectivity index (χ0) is 44.6. The van der Waals surface area contributed by atoms with Crippen LogP contribution < -0.4 is 4.89 Å². The Bertz CT molecular complexity index is 1240. The molecule has 2 N–H and O–H groups in total. The standard InChI is InChI=1S/C48H86NO10P/c1-6-8-10-12-14-16-18-20-21-22-23-24-26-28-30-32-34-38-47(52)56-42-44(43-58-60(54,55)57-41-40-49(3,4)5)59-48(53)39-35-37-46(51)45(50)36-33-31-29-27-25-19-17-15-13-11-9-7-2/h14-17,20-21,25,27,31,33,44-46,50-51H,6-13,18-19,22-24,26,28-30,32,34-43H2,1-5H3/b16-14-,17-15-,21-20-,27-25-,33-31-/t44-,45?,46?/m1/s1. The van der Waals surface area contributed by atoms with E-state index in [1.165, 1.54) is 57.8 Å². The van der Waals surface area contributed by atoms with Crippen molar-refractivity contribution in [3.05, 3.63) is 60.8 Å². The van der Waals surface area contributed by atoms with Gasteiger partial charge >= 0.3 is 11.9 Å². The zero-order valence-corrected chi connectivity index (χ0v) is 39.3. The number of quaternary nitrogens is 1. The molecular weight excluding hydrogens is 781 g/mol. The van der Waals surface area contributed by atoms with Gasteiger partial charge in [0.25, 0.3) is 7.82 Å². The zero-order valence-electron chi connectivity index (χ0n) is 38.4. The second-order valence-electron chi connectivity index (χ2n) is 16.7. The molecule has 348 valence electrons. The minimum Gasteiger partial charge on any atom is -0.756 e. The van der Waals surface area contributed by atoms with Gasteiger partial charge in [-0.2, -0.15) is 0 Å². The fourth-order valence-electron chi connectivity index (χ4n) is 5.90. The van der Waals surface area contributed by atoms with Crippen molar-refractivity contribution in [3.63, 3.8) is 0 Å². The number of carbonyl (C=O) groups is 2. The summed E-state index contributed by atoms with van der Waals surface area (Å²) >= 11 is 0. The summed E-state index contributed by atoms with van der Waals surface area (Å²) in [7, 11) is 0.977. The number of aliphatic hydroxyl groups is 2. The van der Waals surface area contributed by atoms with E-state index < -0.39 is 44.7 Å². The smallest absolute Gasteiger partial charge is 0.306 e. The number of ether oxygens (including phenoxy) is 2. The topological polar surface area (TPSA) is 152 Å². The largest absolute Gasteiger partial charge is 0.756 e. The van der Waals surface area contributed by atoms with Gasteiger partial charge in [-0.1, -0.05) is 132 Å². The van der Waals surface area contributed by atoms with Crippen molar-refractivity contribution in [2.45, 2.75) is 186 Å². The minimum absolute atomic E-state index is 0.0867. The van der Waals surface area contributed by atoms with Crippen LogP contribution in [0, 0.1) is 0 Å². The molecule has 0 saturated heterocycles. The monoisotopic (exact) mass is 868 g/mol. The van der Waals surface area contributed by atoms with Crippen LogP contribution in [0.15, 0.2) is 60.8 Å². The number of hydrogen-bond donors (Lipinski definition) is 2. The highest BCUT2D eigenvalue weighted by atomic mass is 31.2. The predicted octanol–water partition coefficient (Wildman–Crippen LogP) is 10.6. The normalized spacial score (nSPS) is 15.1. The second-order valence-corrected chi connectivity index (χ2v) is 18.1. The number of phosphoric ester groups is 1. The number of carbonyl (C=O) groups excluding carboxylic acids is 2. The summed E-state index contributed by atoms with van der Waals surface area (Å²) in [5.74, 6) is -1.13. The summed E-state index contributed by atoms with van der Waals surface area (Å²) in [6, 6.07) is 0. The SMILES string of the molecule is CCCCC/C=C\C/C=C\C/C=C\CC(O)C(O)CCCC(=O)O[C@H](COC(=O)CCCCCCCCC/C=C\C/C=C\CCCCC)COP(=O)([O-])OCC[N+](C)(C)C. The van der Waals surface area contributed by atoms with Gasteiger partial charge < -0.3 is 38.1 Å². The lowest BCUT2D eigenvalue weighted by atomic mass is 10.0. The Morgan fingerprint density at radius 2 is 1.08 bits per heavy atom. The molecule has 0 radical (unpaired) electrons. The Hall–Kier alpha value is -2.37. The van der Waals surface area contributed by atoms with Gasteiger partial charge in [0.15, 0.2) is 6.10 Å². The predicted molar refractivity (Wildman–Crippen MR) is 243 cm³/mol. The van der Waals surface area contributed by atoms with Crippen LogP contribution in [-0.4, -0.2) is 92.5 Å². The van der Waals surface area contributed by atoms with Crippen molar-refractivity contribution in [1.29, 1.82) is 0 Å². The van der Waals surface area contributed by atoms with E-state index in [1.54, 1.807) is 0 Å². The van der Waals surface area contributed by atoms with Crippen molar-refractivity contribution in [1.82, 2.24) is 0 Å². The van der Waals surface area contributed by atoms with Crippen LogP contribution in [0.5, 0.6) is 0 Å². The molecule has 0 spiro atoms. The third-order valence-corrected chi connectivity index (χ3v) is 10.7. The van der Waals surface area contributed by atoms with Gasteiger partial charge in [0.05, 0.1) is 40.0 Å². The number of hydrogen-bond acceptors (Lipinski definition) is 10. The molecular formula is C48H86NO10P. The maximum atomic E-state index is 12.7. The first-order valence-electron chi connectivity index (χ1n) is 23.2. The maximum absolute atomic E-state index is 12.7. The van der Waals surface area contributed by atoms with Crippen molar-refractivity contribution >= 4 is 19.8 Å². The first-order chi connectivity index (χ1) is 28.8. The molecule has 11 nitrogen and oxygen atoms in total. The second kappa shape index (κ2) is 39.5. The molecule has 0 aromatic carbocycles. The molecule has 0 aliphatic heterocycles. The molecule has 0 aromatic rings. The fourth-order valence-corrected chi connectivity index (χ4v) is 6.63. The highest BCUT2D eigenvalue weighted by molar-refractivity contribution is 7.45. The molecule has 0 saturated carbocycles. The molecule has 0 aliphatic rings. The summed E-state index contributed by atoms with van der Waals surface area (Å²) in [4.78, 5) is 37.7. The highest BCUT2D eigenvalue weighted by Gasteiger charge is 2.22. The van der Waals surface area contributed by atoms with Gasteiger partial charge in [-0.05, 0) is 83.5 Å². The van der Waals surface area contributed by atoms with Gasteiger partial charge in [0.1, 0.15) is 19.8 Å². The van der Waals surface area contributed by atoms with Crippen molar-refractivity contribution in [3.8, 4) is 0 Å². The Kier molecular flexibility index (Phi) is 37.9. The van der Waals surface area contributed by atoms with Crippen molar-refractivity contribution in [2.24, 2.45) is 0 Å². The summed E-state index contributed by atoms with van der Waals surface area (Å²) in [5.41, 5.74) is 0. The number of phosphoric acid groups is 1. The number of allylic oxidation sites excluding steroid dienone is 9. The molecule has 0 heterocycles. The lowest BCUT2D eigenvalue weighted by Gasteiger charge is -2.28. The van der Waals surface area contributed by atoms with E-state index in [-0.39, 0.29) is 45.3 Å². The molecule has 0 fully saturated rings. The first kappa shape index (κ1) is 57.6. The molecule has 4 atom stereocenters. The van der Waals surface area contributed by atoms with E-state index in [0.717, 1.165) is 57.8 Å². The van der Waals surface area contributed by atoms with E-state index in [4.69, 9.17) is 18.5 Å². The van der Waals surface area contributed by atoms with Crippen molar-refractivity contribution < 1.29 is 52.3 Å². The minimum atomic E-state index is -4.71. The summed E-state index contributed by atoms with van der Waals surface area (Å²) < 4.78 is 33.7. The first-order valence-corrected chi connectivity index (χ1v) is 24.6. The van der Waals surface area contributed by atoms with Gasteiger partial charge in [0, 0.05) is 12.8 Å². The third kappa shape index (κ3) is 41.0. The molecule has 0 amide bonds. The Morgan fingerprint density at radius 1 is 0.600 bits per heavy atom. The molecule has 0 aromatic heterocycles. The molecule has 0 aliphatic carbocycles. The summed E-state index contributed by atoms with van der Waals surface area (Å²) in [5, 5.41) is 20.8. The van der Waals surface area contributed by atoms with Crippen LogP contribution in [0.3, 0.4) is 0 Å². The fraction of sp³-hybridized carbons (Fsp3) is 0.750. The van der Waals surface area contributed by atoms with Crippen LogP contribution in [0.2, 0.25) is 0 Å². The van der Waals surface area contributed by atoms with Gasteiger partial charge in [0.2, 0.25) is 0 Å². The lowest BCUT2D eigenvalue weighted by molar-refractivity contribution is -0.870. The number of likely N-dealkylation sites (N-methyl/N-ethyl adjacent to an activating group) is 1. The van der Waals surface area contributed by atoms with E-state index in [9.17, 15) is 29.3 Å². The maximum Gasteiger partial charge on any atom is 0.306 e. The number of aliphatic hydroxyl groups excluding tert-OH is 2. The molecule has 0 bridgehead atoms.